The first-order valence-electron chi connectivity index (χ1n) is 4.99. The van der Waals surface area contributed by atoms with Crippen LogP contribution in [-0.2, 0) is 20.0 Å². The predicted octanol–water partition coefficient (Wildman–Crippen LogP) is 0.616. The van der Waals surface area contributed by atoms with Gasteiger partial charge >= 0.3 is 9.28 Å². The van der Waals surface area contributed by atoms with E-state index in [0.717, 1.165) is 18.2 Å². The first-order chi connectivity index (χ1) is 7.33. The van der Waals surface area contributed by atoms with Crippen molar-refractivity contribution >= 4 is 14.5 Å². The summed E-state index contributed by atoms with van der Waals surface area (Å²) in [6.45, 7) is 0.899. The van der Waals surface area contributed by atoms with Gasteiger partial charge in [-0.3, -0.25) is 0 Å². The average Bonchev–Trinajstić information content (AvgIpc) is 3.04. The summed E-state index contributed by atoms with van der Waals surface area (Å²) in [6.07, 6.45) is 1.43. The maximum Gasteiger partial charge on any atom is 0.423 e. The summed E-state index contributed by atoms with van der Waals surface area (Å²) in [7, 11) is 2.10. The van der Waals surface area contributed by atoms with Gasteiger partial charge in [-0.15, -0.1) is 0 Å². The van der Waals surface area contributed by atoms with Crippen molar-refractivity contribution in [3.8, 4) is 0 Å². The fraction of sp³-hybridized carbons (Fsp3) is 0.455. The molecule has 0 saturated carbocycles. The summed E-state index contributed by atoms with van der Waals surface area (Å²) >= 11 is 0. The van der Waals surface area contributed by atoms with Crippen LogP contribution in [0.4, 0.5) is 0 Å². The average molecular weight is 223 g/mol. The van der Waals surface area contributed by atoms with E-state index in [9.17, 15) is 0 Å². The number of benzene rings is 1. The van der Waals surface area contributed by atoms with Gasteiger partial charge in [-0.05, 0) is 10.8 Å². The second kappa shape index (κ2) is 4.89. The summed E-state index contributed by atoms with van der Waals surface area (Å²) < 4.78 is 15.8. The monoisotopic (exact) mass is 223 g/mol. The third-order valence-electron chi connectivity index (χ3n) is 2.40. The van der Waals surface area contributed by atoms with Crippen LogP contribution in [-0.4, -0.2) is 36.2 Å². The van der Waals surface area contributed by atoms with Gasteiger partial charge in [-0.25, -0.2) is 0 Å². The minimum Gasteiger partial charge on any atom is -0.393 e. The Labute approximate surface area is 91.8 Å². The van der Waals surface area contributed by atoms with E-state index in [4.69, 9.17) is 13.6 Å². The number of epoxide rings is 1. The summed E-state index contributed by atoms with van der Waals surface area (Å²) in [5, 5.41) is 1.16. The van der Waals surface area contributed by atoms with Crippen LogP contribution in [0.2, 0.25) is 0 Å². The lowest BCUT2D eigenvalue weighted by Gasteiger charge is -2.10. The van der Waals surface area contributed by atoms with Crippen LogP contribution >= 0.6 is 0 Å². The van der Waals surface area contributed by atoms with E-state index in [1.54, 1.807) is 14.2 Å². The van der Waals surface area contributed by atoms with Gasteiger partial charge in [0, 0.05) is 20.6 Å². The molecule has 0 spiro atoms. The van der Waals surface area contributed by atoms with Gasteiger partial charge < -0.3 is 13.6 Å². The Bertz CT molecular complexity index is 321. The van der Waals surface area contributed by atoms with Crippen molar-refractivity contribution in [1.29, 1.82) is 0 Å². The molecule has 1 radical (unpaired) electrons. The number of rotatable bonds is 5. The molecule has 0 aliphatic carbocycles. The molecule has 81 valence electrons. The Kier molecular flexibility index (Phi) is 3.53. The molecule has 0 aromatic heterocycles. The highest BCUT2D eigenvalue weighted by atomic mass is 28.3. The molecule has 2 rings (SSSR count). The molecule has 15 heavy (non-hydrogen) atoms. The van der Waals surface area contributed by atoms with E-state index in [-0.39, 0.29) is 0 Å². The normalized spacial score (nSPS) is 19.5. The highest BCUT2D eigenvalue weighted by Gasteiger charge is 2.23. The Morgan fingerprint density at radius 3 is 2.73 bits per heavy atom. The number of hydrogen-bond donors (Lipinski definition) is 0. The lowest BCUT2D eigenvalue weighted by molar-refractivity contribution is 0.292. The standard InChI is InChI=1S/C11H15O3Si/c1-12-15(13-2)11-5-3-4-9(7-11)6-10-8-14-10/h3-5,7,10H,6,8H2,1-2H3. The molecule has 1 heterocycles. The lowest BCUT2D eigenvalue weighted by atomic mass is 10.1. The molecule has 1 fully saturated rings. The van der Waals surface area contributed by atoms with E-state index in [1.165, 1.54) is 5.56 Å². The second-order valence-electron chi connectivity index (χ2n) is 3.56. The molecule has 0 bridgehead atoms. The topological polar surface area (TPSA) is 31.0 Å². The molecule has 1 aliphatic rings. The molecule has 1 atom stereocenters. The van der Waals surface area contributed by atoms with Crippen molar-refractivity contribution < 1.29 is 13.6 Å². The van der Waals surface area contributed by atoms with Gasteiger partial charge in [0.1, 0.15) is 0 Å². The summed E-state index contributed by atoms with van der Waals surface area (Å²) in [6, 6.07) is 8.38. The van der Waals surface area contributed by atoms with Gasteiger partial charge in [0.05, 0.1) is 12.7 Å². The Morgan fingerprint density at radius 2 is 2.13 bits per heavy atom. The summed E-state index contributed by atoms with van der Waals surface area (Å²) in [5.74, 6) is 0. The molecular weight excluding hydrogens is 208 g/mol. The minimum atomic E-state index is -1.28. The number of ether oxygens (including phenoxy) is 1. The highest BCUT2D eigenvalue weighted by Crippen LogP contribution is 2.15. The van der Waals surface area contributed by atoms with Gasteiger partial charge in [0.15, 0.2) is 0 Å². The Morgan fingerprint density at radius 1 is 1.40 bits per heavy atom. The fourth-order valence-electron chi connectivity index (χ4n) is 1.59. The molecule has 1 aromatic carbocycles. The minimum absolute atomic E-state index is 0.431. The van der Waals surface area contributed by atoms with Crippen LogP contribution in [0.25, 0.3) is 0 Å². The second-order valence-corrected chi connectivity index (χ2v) is 5.52. The molecule has 0 N–H and O–H groups in total. The van der Waals surface area contributed by atoms with Crippen molar-refractivity contribution in [3.63, 3.8) is 0 Å². The third kappa shape index (κ3) is 2.88. The van der Waals surface area contributed by atoms with E-state index in [0.29, 0.717) is 6.10 Å². The molecular formula is C11H15O3Si. The van der Waals surface area contributed by atoms with Crippen LogP contribution in [0, 0.1) is 0 Å². The Hall–Kier alpha value is -0.683. The molecule has 1 saturated heterocycles. The van der Waals surface area contributed by atoms with Crippen LogP contribution in [0.3, 0.4) is 0 Å². The first-order valence-corrected chi connectivity index (χ1v) is 6.31. The molecule has 3 nitrogen and oxygen atoms in total. The lowest BCUT2D eigenvalue weighted by Crippen LogP contribution is -2.34. The van der Waals surface area contributed by atoms with Crippen LogP contribution in [0.1, 0.15) is 5.56 Å². The van der Waals surface area contributed by atoms with Crippen LogP contribution in [0.15, 0.2) is 24.3 Å². The zero-order valence-electron chi connectivity index (χ0n) is 9.03. The summed E-state index contributed by atoms with van der Waals surface area (Å²) in [5.41, 5.74) is 1.30. The molecule has 1 aromatic rings. The highest BCUT2D eigenvalue weighted by molar-refractivity contribution is 6.61. The zero-order chi connectivity index (χ0) is 10.7. The summed E-state index contributed by atoms with van der Waals surface area (Å²) in [4.78, 5) is 0. The van der Waals surface area contributed by atoms with Gasteiger partial charge in [0.2, 0.25) is 0 Å². The molecule has 0 amide bonds. The van der Waals surface area contributed by atoms with E-state index >= 15 is 0 Å². The van der Waals surface area contributed by atoms with Crippen molar-refractivity contribution in [1.82, 2.24) is 0 Å². The predicted molar refractivity (Wildman–Crippen MR) is 59.3 cm³/mol. The SMILES string of the molecule is CO[Si](OC)c1cccc(CC2CO2)c1. The molecule has 4 heteroatoms. The fourth-order valence-corrected chi connectivity index (χ4v) is 2.77. The van der Waals surface area contributed by atoms with Gasteiger partial charge in [-0.1, -0.05) is 24.3 Å². The quantitative estimate of drug-likeness (QED) is 0.541. The van der Waals surface area contributed by atoms with Crippen molar-refractivity contribution in [2.75, 3.05) is 20.8 Å². The molecule has 1 unspecified atom stereocenters. The Balaban J connectivity index is 2.09. The third-order valence-corrected chi connectivity index (χ3v) is 3.92. The zero-order valence-corrected chi connectivity index (χ0v) is 10.0. The molecule has 1 aliphatic heterocycles. The van der Waals surface area contributed by atoms with Crippen LogP contribution < -0.4 is 5.19 Å². The van der Waals surface area contributed by atoms with Crippen molar-refractivity contribution in [2.24, 2.45) is 0 Å². The van der Waals surface area contributed by atoms with Crippen molar-refractivity contribution in [2.45, 2.75) is 12.5 Å². The van der Waals surface area contributed by atoms with Crippen LogP contribution in [0.5, 0.6) is 0 Å². The maximum atomic E-state index is 5.31. The van der Waals surface area contributed by atoms with Crippen molar-refractivity contribution in [3.05, 3.63) is 29.8 Å². The van der Waals surface area contributed by atoms with E-state index < -0.39 is 9.28 Å². The first kappa shape index (κ1) is 10.8. The van der Waals surface area contributed by atoms with Gasteiger partial charge in [0.25, 0.3) is 0 Å². The largest absolute Gasteiger partial charge is 0.423 e. The van der Waals surface area contributed by atoms with E-state index in [1.807, 2.05) is 0 Å². The number of hydrogen-bond acceptors (Lipinski definition) is 3. The van der Waals surface area contributed by atoms with E-state index in [2.05, 4.69) is 24.3 Å². The van der Waals surface area contributed by atoms with Gasteiger partial charge in [-0.2, -0.15) is 0 Å². The maximum absolute atomic E-state index is 5.31. The smallest absolute Gasteiger partial charge is 0.393 e.